The lowest BCUT2D eigenvalue weighted by atomic mass is 9.81. The molecule has 0 aromatic rings. The van der Waals surface area contributed by atoms with Gasteiger partial charge in [-0.15, -0.1) is 0 Å². The predicted molar refractivity (Wildman–Crippen MR) is 85.2 cm³/mol. The molecule has 1 aliphatic heterocycles. The highest BCUT2D eigenvalue weighted by atomic mass is 16.5. The molecule has 118 valence electrons. The summed E-state index contributed by atoms with van der Waals surface area (Å²) in [7, 11) is 1.87. The van der Waals surface area contributed by atoms with Gasteiger partial charge in [-0.2, -0.15) is 0 Å². The molecule has 3 heteroatoms. The van der Waals surface area contributed by atoms with Crippen LogP contribution in [0.2, 0.25) is 0 Å². The van der Waals surface area contributed by atoms with Crippen LogP contribution in [0.5, 0.6) is 0 Å². The first-order chi connectivity index (χ1) is 9.46. The third kappa shape index (κ3) is 3.20. The molecule has 1 saturated heterocycles. The molecule has 20 heavy (non-hydrogen) atoms. The molecule has 0 aromatic heterocycles. The molecule has 1 heterocycles. The van der Waals surface area contributed by atoms with Crippen molar-refractivity contribution in [3.63, 3.8) is 0 Å². The molecule has 0 amide bonds. The zero-order valence-corrected chi connectivity index (χ0v) is 14.2. The molecule has 4 atom stereocenters. The lowest BCUT2D eigenvalue weighted by Gasteiger charge is -2.56. The minimum absolute atomic E-state index is 0.273. The van der Waals surface area contributed by atoms with E-state index in [1.807, 2.05) is 7.11 Å². The van der Waals surface area contributed by atoms with E-state index in [1.54, 1.807) is 0 Å². The van der Waals surface area contributed by atoms with Crippen LogP contribution in [0.1, 0.15) is 66.2 Å². The summed E-state index contributed by atoms with van der Waals surface area (Å²) in [5, 5.41) is 3.81. The van der Waals surface area contributed by atoms with Gasteiger partial charge in [0.25, 0.3) is 0 Å². The van der Waals surface area contributed by atoms with E-state index >= 15 is 0 Å². The van der Waals surface area contributed by atoms with E-state index < -0.39 is 0 Å². The van der Waals surface area contributed by atoms with Crippen molar-refractivity contribution in [2.45, 2.75) is 89.4 Å². The lowest BCUT2D eigenvalue weighted by molar-refractivity contribution is -0.0516. The normalized spacial score (nSPS) is 43.6. The fourth-order valence-electron chi connectivity index (χ4n) is 3.88. The second kappa shape index (κ2) is 6.33. The maximum atomic E-state index is 5.65. The first-order valence-electron chi connectivity index (χ1n) is 8.51. The number of ether oxygens (including phenoxy) is 1. The Balaban J connectivity index is 2.15. The Kier molecular flexibility index (Phi) is 5.14. The minimum atomic E-state index is 0.273. The van der Waals surface area contributed by atoms with Crippen molar-refractivity contribution in [1.29, 1.82) is 0 Å². The highest BCUT2D eigenvalue weighted by Gasteiger charge is 2.44. The van der Waals surface area contributed by atoms with E-state index in [-0.39, 0.29) is 5.54 Å². The topological polar surface area (TPSA) is 24.5 Å². The van der Waals surface area contributed by atoms with Crippen molar-refractivity contribution in [2.24, 2.45) is 0 Å². The second-order valence-electron chi connectivity index (χ2n) is 7.42. The molecule has 2 rings (SSSR count). The van der Waals surface area contributed by atoms with Crippen LogP contribution in [-0.4, -0.2) is 48.3 Å². The molecule has 3 nitrogen and oxygen atoms in total. The Morgan fingerprint density at radius 2 is 1.95 bits per heavy atom. The van der Waals surface area contributed by atoms with Gasteiger partial charge in [-0.25, -0.2) is 0 Å². The summed E-state index contributed by atoms with van der Waals surface area (Å²) in [6.45, 7) is 11.7. The maximum absolute atomic E-state index is 5.65. The van der Waals surface area contributed by atoms with Crippen LogP contribution >= 0.6 is 0 Å². The van der Waals surface area contributed by atoms with Crippen LogP contribution in [0.15, 0.2) is 0 Å². The number of methoxy groups -OCH3 is 1. The Labute approximate surface area is 125 Å². The quantitative estimate of drug-likeness (QED) is 0.857. The van der Waals surface area contributed by atoms with Crippen LogP contribution in [0.4, 0.5) is 0 Å². The summed E-state index contributed by atoms with van der Waals surface area (Å²) >= 11 is 0. The van der Waals surface area contributed by atoms with Gasteiger partial charge >= 0.3 is 0 Å². The van der Waals surface area contributed by atoms with Crippen LogP contribution in [0.25, 0.3) is 0 Å². The number of piperazine rings is 1. The fourth-order valence-corrected chi connectivity index (χ4v) is 3.88. The van der Waals surface area contributed by atoms with Gasteiger partial charge < -0.3 is 10.1 Å². The zero-order valence-electron chi connectivity index (χ0n) is 14.2. The summed E-state index contributed by atoms with van der Waals surface area (Å²) in [4.78, 5) is 2.82. The number of hydrogen-bond acceptors (Lipinski definition) is 3. The number of nitrogens with zero attached hydrogens (tertiary/aromatic N) is 1. The van der Waals surface area contributed by atoms with Crippen LogP contribution in [-0.2, 0) is 4.74 Å². The molecule has 0 aromatic carbocycles. The highest BCUT2D eigenvalue weighted by Crippen LogP contribution is 2.35. The van der Waals surface area contributed by atoms with E-state index in [0.717, 1.165) is 6.54 Å². The van der Waals surface area contributed by atoms with E-state index in [2.05, 4.69) is 37.9 Å². The minimum Gasteiger partial charge on any atom is -0.381 e. The van der Waals surface area contributed by atoms with Crippen molar-refractivity contribution >= 4 is 0 Å². The number of hydrogen-bond donors (Lipinski definition) is 1. The molecular weight excluding hydrogens is 248 g/mol. The second-order valence-corrected chi connectivity index (χ2v) is 7.42. The van der Waals surface area contributed by atoms with Crippen molar-refractivity contribution in [2.75, 3.05) is 20.2 Å². The summed E-state index contributed by atoms with van der Waals surface area (Å²) < 4.78 is 5.65. The monoisotopic (exact) mass is 282 g/mol. The number of nitrogens with one attached hydrogen (secondary N) is 1. The molecule has 4 unspecified atom stereocenters. The molecule has 1 aliphatic carbocycles. The SMILES string of the molecule is CCC1(C)CN(C2CCCC(OC)C2)C(C)(CC)CN1. The molecule has 0 radical (unpaired) electrons. The molecule has 0 bridgehead atoms. The zero-order chi connectivity index (χ0) is 14.8. The maximum Gasteiger partial charge on any atom is 0.0586 e. The van der Waals surface area contributed by atoms with Crippen LogP contribution < -0.4 is 5.32 Å². The average molecular weight is 282 g/mol. The summed E-state index contributed by atoms with van der Waals surface area (Å²) in [6.07, 6.45) is 8.00. The summed E-state index contributed by atoms with van der Waals surface area (Å²) in [5.74, 6) is 0. The first-order valence-corrected chi connectivity index (χ1v) is 8.51. The smallest absolute Gasteiger partial charge is 0.0586 e. The third-order valence-corrected chi connectivity index (χ3v) is 6.02. The molecule has 1 N–H and O–H groups in total. The molecule has 1 saturated carbocycles. The number of rotatable bonds is 4. The Morgan fingerprint density at radius 3 is 2.55 bits per heavy atom. The van der Waals surface area contributed by atoms with Crippen molar-refractivity contribution < 1.29 is 4.74 Å². The molecule has 0 spiro atoms. The summed E-state index contributed by atoms with van der Waals surface area (Å²) in [5.41, 5.74) is 0.573. The van der Waals surface area contributed by atoms with E-state index in [9.17, 15) is 0 Å². The predicted octanol–water partition coefficient (Wildman–Crippen LogP) is 3.19. The van der Waals surface area contributed by atoms with Crippen LogP contribution in [0, 0.1) is 0 Å². The van der Waals surface area contributed by atoms with Gasteiger partial charge in [-0.3, -0.25) is 4.90 Å². The van der Waals surface area contributed by atoms with Crippen molar-refractivity contribution in [1.82, 2.24) is 10.2 Å². The van der Waals surface area contributed by atoms with E-state index in [0.29, 0.717) is 17.7 Å². The van der Waals surface area contributed by atoms with E-state index in [4.69, 9.17) is 4.74 Å². The fraction of sp³-hybridized carbons (Fsp3) is 1.00. The van der Waals surface area contributed by atoms with Crippen LogP contribution in [0.3, 0.4) is 0 Å². The van der Waals surface area contributed by atoms with Gasteiger partial charge in [0.2, 0.25) is 0 Å². The van der Waals surface area contributed by atoms with E-state index in [1.165, 1.54) is 45.1 Å². The lowest BCUT2D eigenvalue weighted by Crippen LogP contribution is -2.70. The van der Waals surface area contributed by atoms with Gasteiger partial charge in [0.15, 0.2) is 0 Å². The Bertz CT molecular complexity index is 322. The highest BCUT2D eigenvalue weighted by molar-refractivity contribution is 5.03. The van der Waals surface area contributed by atoms with Gasteiger partial charge in [0, 0.05) is 37.3 Å². The molecular formula is C17H34N2O. The standard InChI is InChI=1S/C17H34N2O/c1-6-16(3)13-19(17(4,7-2)12-18-16)14-9-8-10-15(11-14)20-5/h14-15,18H,6-13H2,1-5H3. The summed E-state index contributed by atoms with van der Waals surface area (Å²) in [6, 6.07) is 0.701. The molecule has 2 aliphatic rings. The largest absolute Gasteiger partial charge is 0.381 e. The van der Waals surface area contributed by atoms with Gasteiger partial charge in [-0.05, 0) is 52.4 Å². The third-order valence-electron chi connectivity index (χ3n) is 6.02. The Morgan fingerprint density at radius 1 is 1.20 bits per heavy atom. The van der Waals surface area contributed by atoms with Gasteiger partial charge in [0.1, 0.15) is 0 Å². The molecule has 2 fully saturated rings. The average Bonchev–Trinajstić information content (AvgIpc) is 2.50. The van der Waals surface area contributed by atoms with Gasteiger partial charge in [0.05, 0.1) is 6.10 Å². The first kappa shape index (κ1) is 16.3. The Hall–Kier alpha value is -0.120. The van der Waals surface area contributed by atoms with Gasteiger partial charge in [-0.1, -0.05) is 13.8 Å². The van der Waals surface area contributed by atoms with Crippen molar-refractivity contribution in [3.05, 3.63) is 0 Å². The van der Waals surface area contributed by atoms with Crippen molar-refractivity contribution in [3.8, 4) is 0 Å².